The monoisotopic (exact) mass is 249 g/mol. The van der Waals surface area contributed by atoms with Crippen LogP contribution >= 0.6 is 11.6 Å². The molecule has 0 aliphatic heterocycles. The van der Waals surface area contributed by atoms with E-state index in [1.807, 2.05) is 19.1 Å². The first-order valence-electron chi connectivity index (χ1n) is 5.08. The molecule has 2 rings (SSSR count). The molecule has 0 spiro atoms. The number of nitrogens with zero attached hydrogens (tertiary/aromatic N) is 1. The lowest BCUT2D eigenvalue weighted by molar-refractivity contribution is 0.0947. The Morgan fingerprint density at radius 2 is 2.18 bits per heavy atom. The van der Waals surface area contributed by atoms with Gasteiger partial charge in [-0.05, 0) is 42.8 Å². The average molecular weight is 250 g/mol. The molecule has 0 fully saturated rings. The lowest BCUT2D eigenvalue weighted by Gasteiger charge is -2.09. The van der Waals surface area contributed by atoms with E-state index in [4.69, 9.17) is 17.4 Å². The summed E-state index contributed by atoms with van der Waals surface area (Å²) in [7, 11) is 0. The highest BCUT2D eigenvalue weighted by Crippen LogP contribution is 2.20. The predicted octanol–water partition coefficient (Wildman–Crippen LogP) is 2.04. The van der Waals surface area contributed by atoms with Crippen molar-refractivity contribution in [1.29, 1.82) is 0 Å². The molecule has 1 amide bonds. The van der Waals surface area contributed by atoms with Crippen LogP contribution in [-0.4, -0.2) is 10.5 Å². The van der Waals surface area contributed by atoms with Crippen LogP contribution in [0, 0.1) is 6.92 Å². The quantitative estimate of drug-likeness (QED) is 0.486. The third-order valence-electron chi connectivity index (χ3n) is 2.53. The number of aryl methyl sites for hydroxylation is 1. The first-order chi connectivity index (χ1) is 8.13. The Kier molecular flexibility index (Phi) is 3.17. The minimum absolute atomic E-state index is 0.331. The van der Waals surface area contributed by atoms with E-state index in [9.17, 15) is 4.79 Å². The van der Waals surface area contributed by atoms with Crippen molar-refractivity contribution in [1.82, 2.24) is 9.99 Å². The maximum atomic E-state index is 11.5. The molecule has 0 unspecified atom stereocenters. The molecule has 88 valence electrons. The highest BCUT2D eigenvalue weighted by Gasteiger charge is 2.10. The van der Waals surface area contributed by atoms with Gasteiger partial charge in [0.05, 0.1) is 0 Å². The molecule has 17 heavy (non-hydrogen) atoms. The van der Waals surface area contributed by atoms with Crippen LogP contribution in [0.2, 0.25) is 5.02 Å². The molecule has 1 aromatic carbocycles. The van der Waals surface area contributed by atoms with Crippen molar-refractivity contribution in [2.45, 2.75) is 6.92 Å². The Morgan fingerprint density at radius 1 is 1.41 bits per heavy atom. The molecule has 0 atom stereocenters. The molecule has 0 saturated heterocycles. The van der Waals surface area contributed by atoms with Crippen LogP contribution in [0.3, 0.4) is 0 Å². The van der Waals surface area contributed by atoms with Gasteiger partial charge in [-0.2, -0.15) is 0 Å². The van der Waals surface area contributed by atoms with E-state index < -0.39 is 0 Å². The number of amides is 1. The second-order valence-electron chi connectivity index (χ2n) is 3.67. The van der Waals surface area contributed by atoms with E-state index in [1.165, 1.54) is 0 Å². The second kappa shape index (κ2) is 4.61. The van der Waals surface area contributed by atoms with Crippen LogP contribution < -0.4 is 11.3 Å². The third kappa shape index (κ3) is 2.18. The summed E-state index contributed by atoms with van der Waals surface area (Å²) in [4.78, 5) is 11.5. The molecule has 0 aliphatic rings. The largest absolute Gasteiger partial charge is 0.312 e. The number of aromatic nitrogens is 1. The van der Waals surface area contributed by atoms with Crippen molar-refractivity contribution < 1.29 is 4.79 Å². The van der Waals surface area contributed by atoms with E-state index >= 15 is 0 Å². The fourth-order valence-electron chi connectivity index (χ4n) is 1.64. The zero-order valence-electron chi connectivity index (χ0n) is 9.27. The van der Waals surface area contributed by atoms with Gasteiger partial charge in [-0.25, -0.2) is 5.84 Å². The fourth-order valence-corrected chi connectivity index (χ4v) is 1.76. The Hall–Kier alpha value is -1.78. The maximum absolute atomic E-state index is 11.5. The van der Waals surface area contributed by atoms with Crippen molar-refractivity contribution in [3.63, 3.8) is 0 Å². The zero-order valence-corrected chi connectivity index (χ0v) is 10.0. The molecule has 0 saturated carbocycles. The summed E-state index contributed by atoms with van der Waals surface area (Å²) in [6.45, 7) is 1.91. The number of hydrazine groups is 1. The molecule has 0 aliphatic carbocycles. The lowest BCUT2D eigenvalue weighted by Crippen LogP contribution is -2.31. The zero-order chi connectivity index (χ0) is 12.4. The van der Waals surface area contributed by atoms with Crippen LogP contribution in [0.15, 0.2) is 36.5 Å². The Morgan fingerprint density at radius 3 is 2.82 bits per heavy atom. The second-order valence-corrected chi connectivity index (χ2v) is 4.08. The van der Waals surface area contributed by atoms with Crippen molar-refractivity contribution in [2.75, 3.05) is 0 Å². The number of carbonyl (C=O) groups excluding carboxylic acids is 1. The fraction of sp³-hybridized carbons (Fsp3) is 0.0833. The summed E-state index contributed by atoms with van der Waals surface area (Å²) in [5.74, 6) is 4.80. The number of hydrogen-bond donors (Lipinski definition) is 2. The summed E-state index contributed by atoms with van der Waals surface area (Å²) < 4.78 is 1.76. The van der Waals surface area contributed by atoms with Crippen LogP contribution in [-0.2, 0) is 0 Å². The normalized spacial score (nSPS) is 10.3. The van der Waals surface area contributed by atoms with E-state index in [0.717, 1.165) is 11.3 Å². The smallest absolute Gasteiger partial charge is 0.282 e. The van der Waals surface area contributed by atoms with Crippen molar-refractivity contribution in [3.8, 4) is 5.69 Å². The van der Waals surface area contributed by atoms with Gasteiger partial charge >= 0.3 is 0 Å². The van der Waals surface area contributed by atoms with E-state index in [2.05, 4.69) is 5.43 Å². The third-order valence-corrected chi connectivity index (χ3v) is 2.96. The van der Waals surface area contributed by atoms with Gasteiger partial charge in [-0.3, -0.25) is 10.2 Å². The summed E-state index contributed by atoms with van der Waals surface area (Å²) in [5, 5.41) is 0.700. The van der Waals surface area contributed by atoms with Crippen LogP contribution in [0.1, 0.15) is 16.1 Å². The molecule has 4 nitrogen and oxygen atoms in total. The molecular formula is C12H12ClN3O. The number of benzene rings is 1. The van der Waals surface area contributed by atoms with E-state index in [0.29, 0.717) is 10.7 Å². The van der Waals surface area contributed by atoms with Gasteiger partial charge in [0.1, 0.15) is 5.69 Å². The van der Waals surface area contributed by atoms with Crippen LogP contribution in [0.25, 0.3) is 5.69 Å². The number of hydrogen-bond acceptors (Lipinski definition) is 2. The van der Waals surface area contributed by atoms with Gasteiger partial charge in [0.15, 0.2) is 0 Å². The Labute approximate surface area is 104 Å². The molecule has 5 heteroatoms. The Bertz CT molecular complexity index is 563. The first kappa shape index (κ1) is 11.7. The van der Waals surface area contributed by atoms with Crippen molar-refractivity contribution in [2.24, 2.45) is 5.84 Å². The minimum Gasteiger partial charge on any atom is -0.312 e. The molecule has 0 bridgehead atoms. The summed E-state index contributed by atoms with van der Waals surface area (Å²) >= 11 is 5.96. The molecule has 1 heterocycles. The van der Waals surface area contributed by atoms with Gasteiger partial charge in [0.2, 0.25) is 0 Å². The van der Waals surface area contributed by atoms with Gasteiger partial charge in [-0.15, -0.1) is 0 Å². The van der Waals surface area contributed by atoms with E-state index in [1.54, 1.807) is 29.0 Å². The summed E-state index contributed by atoms with van der Waals surface area (Å²) in [5.41, 5.74) is 4.42. The molecule has 1 aromatic heterocycles. The number of halogens is 1. The average Bonchev–Trinajstić information content (AvgIpc) is 2.80. The minimum atomic E-state index is -0.331. The van der Waals surface area contributed by atoms with Gasteiger partial charge in [0, 0.05) is 16.9 Å². The SMILES string of the molecule is Cc1cc(-n2cccc2C(=O)NN)ccc1Cl. The van der Waals surface area contributed by atoms with Gasteiger partial charge in [0.25, 0.3) is 5.91 Å². The molecule has 0 radical (unpaired) electrons. The molecule has 2 aromatic rings. The maximum Gasteiger partial charge on any atom is 0.282 e. The molecular weight excluding hydrogens is 238 g/mol. The number of carbonyl (C=O) groups is 1. The van der Waals surface area contributed by atoms with Crippen molar-refractivity contribution >= 4 is 17.5 Å². The standard InChI is InChI=1S/C12H12ClN3O/c1-8-7-9(4-5-10(8)13)16-6-2-3-11(16)12(17)15-14/h2-7H,14H2,1H3,(H,15,17). The number of rotatable bonds is 2. The summed E-state index contributed by atoms with van der Waals surface area (Å²) in [6, 6.07) is 9.05. The lowest BCUT2D eigenvalue weighted by atomic mass is 10.2. The number of nitrogens with two attached hydrogens (primary N) is 1. The van der Waals surface area contributed by atoms with Gasteiger partial charge < -0.3 is 4.57 Å². The number of nitrogen functional groups attached to an aromatic ring is 1. The highest BCUT2D eigenvalue weighted by atomic mass is 35.5. The van der Waals surface area contributed by atoms with E-state index in [-0.39, 0.29) is 5.91 Å². The van der Waals surface area contributed by atoms with Crippen LogP contribution in [0.5, 0.6) is 0 Å². The molecule has 3 N–H and O–H groups in total. The summed E-state index contributed by atoms with van der Waals surface area (Å²) in [6.07, 6.45) is 1.80. The van der Waals surface area contributed by atoms with Gasteiger partial charge in [-0.1, -0.05) is 11.6 Å². The predicted molar refractivity (Wildman–Crippen MR) is 67.2 cm³/mol. The topological polar surface area (TPSA) is 60.0 Å². The number of nitrogens with one attached hydrogen (secondary N) is 1. The first-order valence-corrected chi connectivity index (χ1v) is 5.46. The van der Waals surface area contributed by atoms with Crippen LogP contribution in [0.4, 0.5) is 0 Å². The van der Waals surface area contributed by atoms with Crippen molar-refractivity contribution in [3.05, 3.63) is 52.8 Å². The highest BCUT2D eigenvalue weighted by molar-refractivity contribution is 6.31. The Balaban J connectivity index is 2.50.